The van der Waals surface area contributed by atoms with Crippen LogP contribution in [0.2, 0.25) is 0 Å². The Balaban J connectivity index is 4.29. The van der Waals surface area contributed by atoms with E-state index in [4.69, 9.17) is 5.26 Å². The average Bonchev–Trinajstić information content (AvgIpc) is 2.25. The number of nitrogens with one attached hydrogen (secondary N) is 2. The average molecular weight is 246 g/mol. The van der Waals surface area contributed by atoms with Crippen molar-refractivity contribution in [1.29, 1.82) is 5.26 Å². The normalized spacial score (nSPS) is 11.7. The van der Waals surface area contributed by atoms with Crippen LogP contribution in [-0.2, 0) is 0 Å². The minimum Gasteiger partial charge on any atom is -0.358 e. The summed E-state index contributed by atoms with van der Waals surface area (Å²) in [6.07, 6.45) is 0.271. The fourth-order valence-electron chi connectivity index (χ4n) is 0.878. The summed E-state index contributed by atoms with van der Waals surface area (Å²) in [5.41, 5.74) is 5.42. The number of hydrogen-bond donors (Lipinski definition) is 2. The van der Waals surface area contributed by atoms with E-state index in [1.165, 1.54) is 29.5 Å². The maximum atomic E-state index is 12.0. The highest BCUT2D eigenvalue weighted by Crippen LogP contribution is 1.95. The first kappa shape index (κ1) is 15.1. The standard InChI is InChI=1S/C9H16F2N6/c1-13-15-8(4-12)5-17(3)14-7-16(2)6-9(10)11/h5,7,9,13,15H,6H2,1-3H3/b8-5-,14-7-. The van der Waals surface area contributed by atoms with Gasteiger partial charge < -0.3 is 10.3 Å². The maximum absolute atomic E-state index is 12.0. The molecule has 0 aromatic carbocycles. The van der Waals surface area contributed by atoms with E-state index in [1.807, 2.05) is 6.07 Å². The molecule has 0 aromatic rings. The molecule has 2 N–H and O–H groups in total. The third kappa shape index (κ3) is 7.98. The Labute approximate surface area is 99.1 Å². The largest absolute Gasteiger partial charge is 0.358 e. The third-order valence-corrected chi connectivity index (χ3v) is 1.55. The van der Waals surface area contributed by atoms with Crippen LogP contribution in [0.1, 0.15) is 0 Å². The van der Waals surface area contributed by atoms with Crippen LogP contribution in [0.25, 0.3) is 0 Å². The topological polar surface area (TPSA) is 66.7 Å². The summed E-state index contributed by atoms with van der Waals surface area (Å²) in [7, 11) is 4.69. The molecular formula is C9H16F2N6. The molecular weight excluding hydrogens is 230 g/mol. The summed E-state index contributed by atoms with van der Waals surface area (Å²) in [4.78, 5) is 1.26. The molecule has 0 rings (SSSR count). The molecule has 0 aromatic heterocycles. The van der Waals surface area contributed by atoms with Gasteiger partial charge in [-0.1, -0.05) is 0 Å². The van der Waals surface area contributed by atoms with Crippen LogP contribution in [0, 0.1) is 11.3 Å². The molecule has 0 spiro atoms. The Bertz CT molecular complexity index is 309. The summed E-state index contributed by atoms with van der Waals surface area (Å²) >= 11 is 0. The van der Waals surface area contributed by atoms with E-state index in [-0.39, 0.29) is 12.2 Å². The number of hydrazine groups is 1. The van der Waals surface area contributed by atoms with E-state index >= 15 is 0 Å². The zero-order valence-electron chi connectivity index (χ0n) is 9.98. The molecule has 0 saturated heterocycles. The van der Waals surface area contributed by atoms with E-state index in [0.29, 0.717) is 0 Å². The minimum atomic E-state index is -2.41. The second kappa shape index (κ2) is 8.29. The lowest BCUT2D eigenvalue weighted by molar-refractivity contribution is 0.124. The van der Waals surface area contributed by atoms with Gasteiger partial charge in [0.2, 0.25) is 0 Å². The van der Waals surface area contributed by atoms with E-state index in [0.717, 1.165) is 0 Å². The molecule has 0 aliphatic carbocycles. The number of alkyl halides is 2. The maximum Gasteiger partial charge on any atom is 0.255 e. The zero-order valence-corrected chi connectivity index (χ0v) is 9.98. The van der Waals surface area contributed by atoms with Gasteiger partial charge in [0.25, 0.3) is 6.43 Å². The molecule has 0 aliphatic heterocycles. The molecule has 0 fully saturated rings. The highest BCUT2D eigenvalue weighted by Gasteiger charge is 2.04. The number of rotatable bonds is 7. The van der Waals surface area contributed by atoms with E-state index in [1.54, 1.807) is 14.1 Å². The summed E-state index contributed by atoms with van der Waals surface area (Å²) in [6, 6.07) is 1.89. The predicted molar refractivity (Wildman–Crippen MR) is 60.8 cm³/mol. The predicted octanol–water partition coefficient (Wildman–Crippen LogP) is 0.147. The fourth-order valence-corrected chi connectivity index (χ4v) is 0.878. The van der Waals surface area contributed by atoms with Crippen LogP contribution < -0.4 is 10.9 Å². The van der Waals surface area contributed by atoms with Crippen molar-refractivity contribution in [3.05, 3.63) is 11.9 Å². The lowest BCUT2D eigenvalue weighted by atomic mass is 10.5. The van der Waals surface area contributed by atoms with Crippen molar-refractivity contribution in [2.24, 2.45) is 5.10 Å². The van der Waals surface area contributed by atoms with Gasteiger partial charge in [-0.15, -0.1) is 0 Å². The van der Waals surface area contributed by atoms with Crippen LogP contribution in [0.5, 0.6) is 0 Å². The highest BCUT2D eigenvalue weighted by atomic mass is 19.3. The van der Waals surface area contributed by atoms with Crippen molar-refractivity contribution >= 4 is 6.34 Å². The van der Waals surface area contributed by atoms with Crippen molar-refractivity contribution < 1.29 is 8.78 Å². The van der Waals surface area contributed by atoms with Crippen LogP contribution >= 0.6 is 0 Å². The lowest BCUT2D eigenvalue weighted by Crippen LogP contribution is -2.27. The molecule has 0 bridgehead atoms. The molecule has 0 aliphatic rings. The highest BCUT2D eigenvalue weighted by molar-refractivity contribution is 5.54. The lowest BCUT2D eigenvalue weighted by Gasteiger charge is -2.14. The van der Waals surface area contributed by atoms with Crippen molar-refractivity contribution in [3.8, 4) is 6.07 Å². The van der Waals surface area contributed by atoms with Gasteiger partial charge in [-0.3, -0.25) is 5.01 Å². The number of hydrazone groups is 1. The second-order valence-corrected chi connectivity index (χ2v) is 3.16. The van der Waals surface area contributed by atoms with Gasteiger partial charge in [0.15, 0.2) is 0 Å². The molecule has 6 nitrogen and oxygen atoms in total. The molecule has 0 amide bonds. The Morgan fingerprint density at radius 3 is 2.65 bits per heavy atom. The van der Waals surface area contributed by atoms with Gasteiger partial charge in [-0.2, -0.15) is 10.4 Å². The van der Waals surface area contributed by atoms with E-state index < -0.39 is 6.43 Å². The van der Waals surface area contributed by atoms with E-state index in [2.05, 4.69) is 16.0 Å². The molecule has 0 unspecified atom stereocenters. The monoisotopic (exact) mass is 246 g/mol. The first-order valence-corrected chi connectivity index (χ1v) is 4.79. The van der Waals surface area contributed by atoms with Crippen molar-refractivity contribution in [2.45, 2.75) is 6.43 Å². The van der Waals surface area contributed by atoms with Crippen LogP contribution in [0.3, 0.4) is 0 Å². The Morgan fingerprint density at radius 1 is 1.53 bits per heavy atom. The molecule has 0 saturated carbocycles. The fraction of sp³-hybridized carbons (Fsp3) is 0.556. The summed E-state index contributed by atoms with van der Waals surface area (Å²) in [6.45, 7) is -0.388. The van der Waals surface area contributed by atoms with Crippen molar-refractivity contribution in [1.82, 2.24) is 20.8 Å². The van der Waals surface area contributed by atoms with Gasteiger partial charge >= 0.3 is 0 Å². The number of nitrogens with zero attached hydrogens (tertiary/aromatic N) is 4. The van der Waals surface area contributed by atoms with Crippen LogP contribution in [-0.4, -0.2) is 50.4 Å². The number of hydrogen-bond acceptors (Lipinski definition) is 5. The zero-order chi connectivity index (χ0) is 13.3. The minimum absolute atomic E-state index is 0.253. The van der Waals surface area contributed by atoms with Crippen molar-refractivity contribution in [3.63, 3.8) is 0 Å². The SMILES string of the molecule is CNN/C(C#N)=C\N(C)/N=C\N(C)CC(F)F. The Kier molecular flexibility index (Phi) is 7.38. The molecule has 17 heavy (non-hydrogen) atoms. The van der Waals surface area contributed by atoms with Gasteiger partial charge in [0.05, 0.1) is 12.7 Å². The first-order chi connectivity index (χ1) is 7.99. The van der Waals surface area contributed by atoms with Crippen LogP contribution in [0.4, 0.5) is 8.78 Å². The molecule has 0 radical (unpaired) electrons. The third-order valence-electron chi connectivity index (χ3n) is 1.55. The summed E-state index contributed by atoms with van der Waals surface area (Å²) in [5.74, 6) is 0. The quantitative estimate of drug-likeness (QED) is 0.290. The smallest absolute Gasteiger partial charge is 0.255 e. The number of allylic oxidation sites excluding steroid dienone is 1. The summed E-state index contributed by atoms with van der Waals surface area (Å²) in [5, 5.41) is 13.9. The molecule has 8 heteroatoms. The Morgan fingerprint density at radius 2 is 2.18 bits per heavy atom. The second-order valence-electron chi connectivity index (χ2n) is 3.16. The molecule has 96 valence electrons. The Hall–Kier alpha value is -1.88. The molecule has 0 atom stereocenters. The van der Waals surface area contributed by atoms with Crippen LogP contribution in [0.15, 0.2) is 17.0 Å². The number of halogens is 2. The van der Waals surface area contributed by atoms with Crippen molar-refractivity contribution in [2.75, 3.05) is 27.7 Å². The van der Waals surface area contributed by atoms with Gasteiger partial charge in [0.1, 0.15) is 18.1 Å². The van der Waals surface area contributed by atoms with E-state index in [9.17, 15) is 8.78 Å². The van der Waals surface area contributed by atoms with Gasteiger partial charge in [0, 0.05) is 21.1 Å². The summed E-state index contributed by atoms with van der Waals surface area (Å²) < 4.78 is 24.0. The molecule has 0 heterocycles. The number of nitriles is 1. The van der Waals surface area contributed by atoms with Gasteiger partial charge in [-0.05, 0) is 0 Å². The first-order valence-electron chi connectivity index (χ1n) is 4.79. The van der Waals surface area contributed by atoms with Gasteiger partial charge in [-0.25, -0.2) is 14.2 Å².